The van der Waals surface area contributed by atoms with Crippen molar-refractivity contribution in [2.24, 2.45) is 0 Å². The number of para-hydroxylation sites is 2. The number of halogens is 1. The van der Waals surface area contributed by atoms with E-state index in [1.807, 2.05) is 0 Å². The molecule has 3 heteroatoms. The van der Waals surface area contributed by atoms with Crippen molar-refractivity contribution in [3.8, 4) is 11.4 Å². The van der Waals surface area contributed by atoms with Crippen molar-refractivity contribution < 1.29 is 21.5 Å². The van der Waals surface area contributed by atoms with Gasteiger partial charge in [-0.3, -0.25) is 0 Å². The van der Waals surface area contributed by atoms with E-state index >= 15 is 0 Å². The van der Waals surface area contributed by atoms with E-state index in [1.54, 1.807) is 0 Å². The number of rotatable bonds is 10. The van der Waals surface area contributed by atoms with Crippen LogP contribution in [0.2, 0.25) is 0 Å². The van der Waals surface area contributed by atoms with E-state index in [-0.39, 0.29) is 22.9 Å². The second-order valence-electron chi connectivity index (χ2n) is 14.2. The number of benzene rings is 4. The van der Waals surface area contributed by atoms with Gasteiger partial charge < -0.3 is 17.0 Å². The van der Waals surface area contributed by atoms with Crippen LogP contribution in [0.1, 0.15) is 135 Å². The minimum absolute atomic E-state index is 0. The van der Waals surface area contributed by atoms with Crippen molar-refractivity contribution in [3.63, 3.8) is 0 Å². The largest absolute Gasteiger partial charge is 1.00 e. The van der Waals surface area contributed by atoms with Gasteiger partial charge in [-0.1, -0.05) is 151 Å². The number of hydrogen-bond donors (Lipinski definition) is 0. The summed E-state index contributed by atoms with van der Waals surface area (Å²) >= 11 is 0. The lowest BCUT2D eigenvalue weighted by atomic mass is 9.88. The minimum Gasteiger partial charge on any atom is -1.00 e. The van der Waals surface area contributed by atoms with Crippen molar-refractivity contribution in [3.05, 3.63) is 148 Å². The third-order valence-corrected chi connectivity index (χ3v) is 9.38. The average molecular weight is 678 g/mol. The Balaban J connectivity index is 0.00000480. The molecular formula is C43H53BrN2. The van der Waals surface area contributed by atoms with Gasteiger partial charge in [0.05, 0.1) is 5.92 Å². The zero-order chi connectivity index (χ0) is 32.4. The van der Waals surface area contributed by atoms with E-state index < -0.39 is 0 Å². The molecule has 0 aliphatic rings. The van der Waals surface area contributed by atoms with Crippen LogP contribution >= 0.6 is 0 Å². The quantitative estimate of drug-likeness (QED) is 0.132. The Morgan fingerprint density at radius 2 is 1.00 bits per heavy atom. The summed E-state index contributed by atoms with van der Waals surface area (Å²) in [5.74, 6) is 3.02. The normalized spacial score (nSPS) is 12.3. The van der Waals surface area contributed by atoms with Crippen LogP contribution in [-0.2, 0) is 6.42 Å². The monoisotopic (exact) mass is 676 g/mol. The molecule has 0 spiro atoms. The fourth-order valence-electron chi connectivity index (χ4n) is 6.81. The standard InChI is InChI=1S/C43H53N2.BrH/c1-28(2)36-13-11-14-37(29(3)4)41(36)44-25-26-45(42-38(30(5)6)15-12-16-39(42)31(7)8)43(44)40(35-23-19-33(10)20-24-35)27-34-21-17-32(9)18-22-34;/h11-26,28-31,40H,27H2,1-10H3;1H/q+1;/p-1. The van der Waals surface area contributed by atoms with Crippen molar-refractivity contribution in [2.75, 3.05) is 0 Å². The molecule has 0 radical (unpaired) electrons. The van der Waals surface area contributed by atoms with Crippen molar-refractivity contribution in [1.29, 1.82) is 0 Å². The lowest BCUT2D eigenvalue weighted by Gasteiger charge is -2.23. The summed E-state index contributed by atoms with van der Waals surface area (Å²) in [6, 6.07) is 32.2. The van der Waals surface area contributed by atoms with Crippen LogP contribution in [0.15, 0.2) is 97.3 Å². The Bertz CT molecular complexity index is 1600. The van der Waals surface area contributed by atoms with Crippen LogP contribution in [0.4, 0.5) is 0 Å². The molecule has 1 unspecified atom stereocenters. The third kappa shape index (κ3) is 7.26. The van der Waals surface area contributed by atoms with Gasteiger partial charge in [-0.05, 0) is 55.1 Å². The summed E-state index contributed by atoms with van der Waals surface area (Å²) in [5, 5.41) is 0. The first-order chi connectivity index (χ1) is 21.5. The summed E-state index contributed by atoms with van der Waals surface area (Å²) in [6.45, 7) is 23.0. The van der Waals surface area contributed by atoms with Gasteiger partial charge in [0.2, 0.25) is 0 Å². The second-order valence-corrected chi connectivity index (χ2v) is 14.2. The van der Waals surface area contributed by atoms with Crippen molar-refractivity contribution >= 4 is 0 Å². The van der Waals surface area contributed by atoms with Crippen molar-refractivity contribution in [2.45, 2.75) is 105 Å². The number of hydrogen-bond acceptors (Lipinski definition) is 0. The van der Waals surface area contributed by atoms with E-state index in [0.29, 0.717) is 23.7 Å². The Kier molecular flexibility index (Phi) is 11.5. The predicted octanol–water partition coefficient (Wildman–Crippen LogP) is 8.24. The van der Waals surface area contributed by atoms with Crippen LogP contribution in [0.5, 0.6) is 0 Å². The van der Waals surface area contributed by atoms with Crippen LogP contribution < -0.4 is 21.5 Å². The molecule has 46 heavy (non-hydrogen) atoms. The number of aromatic nitrogens is 2. The molecule has 0 aliphatic heterocycles. The van der Waals surface area contributed by atoms with E-state index in [9.17, 15) is 0 Å². The van der Waals surface area contributed by atoms with Gasteiger partial charge in [0, 0.05) is 22.3 Å². The average Bonchev–Trinajstić information content (AvgIpc) is 3.44. The summed E-state index contributed by atoms with van der Waals surface area (Å²) in [6.07, 6.45) is 5.61. The number of aryl methyl sites for hydroxylation is 2. The fraction of sp³-hybridized carbons (Fsp3) is 0.372. The molecule has 1 atom stereocenters. The fourth-order valence-corrected chi connectivity index (χ4v) is 6.81. The van der Waals surface area contributed by atoms with Crippen LogP contribution in [0.25, 0.3) is 11.4 Å². The highest BCUT2D eigenvalue weighted by molar-refractivity contribution is 5.53. The molecule has 1 aromatic heterocycles. The molecule has 242 valence electrons. The Hall–Kier alpha value is -3.43. The molecule has 0 fully saturated rings. The number of imidazole rings is 1. The Morgan fingerprint density at radius 1 is 0.565 bits per heavy atom. The SMILES string of the molecule is Cc1ccc(CC(c2ccc(C)cc2)c2n(-c3c(C(C)C)cccc3C(C)C)cc[n+]2-c2c(C(C)C)cccc2C(C)C)cc1.[Br-]. The summed E-state index contributed by atoms with van der Waals surface area (Å²) in [5.41, 5.74) is 13.5. The smallest absolute Gasteiger partial charge is 0.274 e. The molecule has 0 saturated carbocycles. The van der Waals surface area contributed by atoms with Crippen LogP contribution in [0.3, 0.4) is 0 Å². The van der Waals surface area contributed by atoms with Gasteiger partial charge in [-0.15, -0.1) is 0 Å². The lowest BCUT2D eigenvalue weighted by Crippen LogP contribution is -3.00. The molecule has 0 bridgehead atoms. The first-order valence-electron chi connectivity index (χ1n) is 17.0. The first-order valence-corrected chi connectivity index (χ1v) is 17.0. The zero-order valence-corrected chi connectivity index (χ0v) is 31.2. The predicted molar refractivity (Wildman–Crippen MR) is 192 cm³/mol. The molecule has 0 saturated heterocycles. The van der Waals surface area contributed by atoms with E-state index in [0.717, 1.165) is 6.42 Å². The van der Waals surface area contributed by atoms with Crippen molar-refractivity contribution in [1.82, 2.24) is 4.57 Å². The maximum Gasteiger partial charge on any atom is 0.274 e. The van der Waals surface area contributed by atoms with Crippen LogP contribution in [0, 0.1) is 13.8 Å². The molecule has 4 aromatic carbocycles. The van der Waals surface area contributed by atoms with Gasteiger partial charge in [-0.25, -0.2) is 0 Å². The molecule has 2 nitrogen and oxygen atoms in total. The lowest BCUT2D eigenvalue weighted by molar-refractivity contribution is -0.606. The van der Waals surface area contributed by atoms with Gasteiger partial charge in [-0.2, -0.15) is 9.13 Å². The molecule has 5 rings (SSSR count). The highest BCUT2D eigenvalue weighted by atomic mass is 79.9. The topological polar surface area (TPSA) is 8.81 Å². The summed E-state index contributed by atoms with van der Waals surface area (Å²) in [7, 11) is 0. The Labute approximate surface area is 289 Å². The second kappa shape index (κ2) is 15.0. The molecule has 0 N–H and O–H groups in total. The van der Waals surface area contributed by atoms with E-state index in [4.69, 9.17) is 0 Å². The summed E-state index contributed by atoms with van der Waals surface area (Å²) < 4.78 is 5.12. The highest BCUT2D eigenvalue weighted by Crippen LogP contribution is 2.37. The maximum absolute atomic E-state index is 2.56. The minimum atomic E-state index is 0. The van der Waals surface area contributed by atoms with Gasteiger partial charge in [0.15, 0.2) is 0 Å². The summed E-state index contributed by atoms with van der Waals surface area (Å²) in [4.78, 5) is 0. The maximum atomic E-state index is 2.56. The molecule has 0 aliphatic carbocycles. The zero-order valence-electron chi connectivity index (χ0n) is 29.6. The van der Waals surface area contributed by atoms with Gasteiger partial charge in [0.1, 0.15) is 23.8 Å². The first kappa shape index (κ1) is 35.4. The molecule has 5 aromatic rings. The van der Waals surface area contributed by atoms with Crippen LogP contribution in [-0.4, -0.2) is 4.57 Å². The third-order valence-electron chi connectivity index (χ3n) is 9.38. The Morgan fingerprint density at radius 3 is 1.46 bits per heavy atom. The molecular weight excluding hydrogens is 624 g/mol. The van der Waals surface area contributed by atoms with Gasteiger partial charge >= 0.3 is 0 Å². The number of nitrogens with zero attached hydrogens (tertiary/aromatic N) is 2. The molecule has 0 amide bonds. The highest BCUT2D eigenvalue weighted by Gasteiger charge is 2.35. The van der Waals surface area contributed by atoms with Gasteiger partial charge in [0.25, 0.3) is 5.82 Å². The van der Waals surface area contributed by atoms with E-state index in [1.165, 1.54) is 61.7 Å². The molecule has 1 heterocycles. The van der Waals surface area contributed by atoms with E-state index in [2.05, 4.69) is 176 Å².